The fourth-order valence-electron chi connectivity index (χ4n) is 2.39. The first-order valence-electron chi connectivity index (χ1n) is 7.14. The molecule has 0 bridgehead atoms. The van der Waals surface area contributed by atoms with Crippen LogP contribution in [0.2, 0.25) is 0 Å². The number of aromatic hydroxyl groups is 1. The fraction of sp³-hybridized carbons (Fsp3) is 0.0556. The van der Waals surface area contributed by atoms with Crippen LogP contribution < -0.4 is 5.32 Å². The van der Waals surface area contributed by atoms with E-state index in [1.165, 1.54) is 6.21 Å². The standard InChI is InChI=1S/C18H15N3O2/c1-2-6-12-7-5-8-13(17(12)22)11-19-21-16-14-9-3-4-10-15(14)20-18(16)23/h2-5,7-11,22H,1,6H2,(H,20,21,23). The molecule has 114 valence electrons. The van der Waals surface area contributed by atoms with Crippen molar-refractivity contribution in [3.8, 4) is 5.75 Å². The Labute approximate surface area is 133 Å². The average molecular weight is 305 g/mol. The lowest BCUT2D eigenvalue weighted by Crippen LogP contribution is -2.13. The van der Waals surface area contributed by atoms with Crippen LogP contribution in [0.15, 0.2) is 65.3 Å². The smallest absolute Gasteiger partial charge is 0.276 e. The Balaban J connectivity index is 1.89. The minimum atomic E-state index is -0.284. The lowest BCUT2D eigenvalue weighted by molar-refractivity contribution is -0.110. The number of amides is 1. The third kappa shape index (κ3) is 2.89. The molecule has 5 nitrogen and oxygen atoms in total. The normalized spacial score (nSPS) is 15.0. The summed E-state index contributed by atoms with van der Waals surface area (Å²) in [6.07, 6.45) is 3.72. The van der Waals surface area contributed by atoms with Crippen molar-refractivity contribution in [2.45, 2.75) is 6.42 Å². The van der Waals surface area contributed by atoms with Gasteiger partial charge < -0.3 is 10.4 Å². The number of nitrogens with one attached hydrogen (secondary N) is 1. The average Bonchev–Trinajstić information content (AvgIpc) is 2.87. The molecule has 2 N–H and O–H groups in total. The number of para-hydroxylation sites is 2. The third-order valence-corrected chi connectivity index (χ3v) is 3.52. The molecule has 1 aliphatic rings. The number of nitrogens with zero attached hydrogens (tertiary/aromatic N) is 2. The zero-order chi connectivity index (χ0) is 16.2. The van der Waals surface area contributed by atoms with Crippen molar-refractivity contribution in [2.75, 3.05) is 5.32 Å². The number of anilines is 1. The maximum Gasteiger partial charge on any atom is 0.276 e. The summed E-state index contributed by atoms with van der Waals surface area (Å²) in [7, 11) is 0. The van der Waals surface area contributed by atoms with Crippen LogP contribution in [0.25, 0.3) is 0 Å². The number of allylic oxidation sites excluding steroid dienone is 1. The molecule has 0 radical (unpaired) electrons. The molecular weight excluding hydrogens is 290 g/mol. The summed E-state index contributed by atoms with van der Waals surface area (Å²) in [5, 5.41) is 20.8. The van der Waals surface area contributed by atoms with Gasteiger partial charge in [0.1, 0.15) is 5.75 Å². The van der Waals surface area contributed by atoms with Crippen molar-refractivity contribution in [1.82, 2.24) is 0 Å². The molecule has 2 aromatic carbocycles. The van der Waals surface area contributed by atoms with E-state index in [-0.39, 0.29) is 17.4 Å². The summed E-state index contributed by atoms with van der Waals surface area (Å²) < 4.78 is 0. The van der Waals surface area contributed by atoms with Crippen molar-refractivity contribution in [1.29, 1.82) is 0 Å². The van der Waals surface area contributed by atoms with Gasteiger partial charge >= 0.3 is 0 Å². The van der Waals surface area contributed by atoms with Crippen molar-refractivity contribution < 1.29 is 9.90 Å². The van der Waals surface area contributed by atoms with Crippen LogP contribution in [0, 0.1) is 0 Å². The monoisotopic (exact) mass is 305 g/mol. The third-order valence-electron chi connectivity index (χ3n) is 3.52. The number of carbonyl (C=O) groups excluding carboxylic acids is 1. The SMILES string of the molecule is C=CCc1cccc(C=NN=C2C(=O)Nc3ccccc32)c1O. The molecule has 1 amide bonds. The van der Waals surface area contributed by atoms with Gasteiger partial charge in [-0.15, -0.1) is 11.7 Å². The van der Waals surface area contributed by atoms with Crippen LogP contribution in [-0.2, 0) is 11.2 Å². The Kier molecular flexibility index (Phi) is 4.01. The van der Waals surface area contributed by atoms with E-state index in [0.717, 1.165) is 16.8 Å². The molecule has 2 aromatic rings. The van der Waals surface area contributed by atoms with Gasteiger partial charge in [-0.25, -0.2) is 0 Å². The maximum atomic E-state index is 11.9. The Morgan fingerprint density at radius 2 is 2.00 bits per heavy atom. The molecule has 0 saturated carbocycles. The summed E-state index contributed by atoms with van der Waals surface area (Å²) in [5.41, 5.74) is 3.01. The molecule has 0 fully saturated rings. The number of hydrogen-bond donors (Lipinski definition) is 2. The minimum Gasteiger partial charge on any atom is -0.507 e. The highest BCUT2D eigenvalue weighted by molar-refractivity contribution is 6.53. The van der Waals surface area contributed by atoms with E-state index < -0.39 is 0 Å². The molecular formula is C18H15N3O2. The second kappa shape index (κ2) is 6.27. The van der Waals surface area contributed by atoms with Gasteiger partial charge in [0.2, 0.25) is 0 Å². The maximum absolute atomic E-state index is 11.9. The Bertz CT molecular complexity index is 838. The quantitative estimate of drug-likeness (QED) is 0.518. The van der Waals surface area contributed by atoms with Gasteiger partial charge in [-0.2, -0.15) is 5.10 Å². The van der Waals surface area contributed by atoms with E-state index in [1.54, 1.807) is 12.1 Å². The van der Waals surface area contributed by atoms with Crippen LogP contribution in [0.3, 0.4) is 0 Å². The highest BCUT2D eigenvalue weighted by atomic mass is 16.3. The van der Waals surface area contributed by atoms with E-state index in [0.29, 0.717) is 12.0 Å². The summed E-state index contributed by atoms with van der Waals surface area (Å²) >= 11 is 0. The van der Waals surface area contributed by atoms with Crippen LogP contribution in [-0.4, -0.2) is 22.9 Å². The van der Waals surface area contributed by atoms with Gasteiger partial charge in [0.05, 0.1) is 11.9 Å². The molecule has 0 unspecified atom stereocenters. The first-order chi connectivity index (χ1) is 11.2. The van der Waals surface area contributed by atoms with Gasteiger partial charge in [-0.05, 0) is 24.1 Å². The highest BCUT2D eigenvalue weighted by Crippen LogP contribution is 2.23. The lowest BCUT2D eigenvalue weighted by Gasteiger charge is -2.03. The van der Waals surface area contributed by atoms with Gasteiger partial charge in [0.25, 0.3) is 5.91 Å². The second-order valence-corrected chi connectivity index (χ2v) is 5.04. The van der Waals surface area contributed by atoms with Gasteiger partial charge in [0, 0.05) is 11.1 Å². The summed E-state index contributed by atoms with van der Waals surface area (Å²) in [6, 6.07) is 12.7. The zero-order valence-corrected chi connectivity index (χ0v) is 12.4. The zero-order valence-electron chi connectivity index (χ0n) is 12.4. The van der Waals surface area contributed by atoms with Crippen LogP contribution in [0.1, 0.15) is 16.7 Å². The van der Waals surface area contributed by atoms with E-state index >= 15 is 0 Å². The van der Waals surface area contributed by atoms with Crippen molar-refractivity contribution in [2.24, 2.45) is 10.2 Å². The second-order valence-electron chi connectivity index (χ2n) is 5.04. The Hall–Kier alpha value is -3.21. The van der Waals surface area contributed by atoms with Crippen molar-refractivity contribution in [3.05, 3.63) is 71.8 Å². The van der Waals surface area contributed by atoms with Crippen LogP contribution >= 0.6 is 0 Å². The minimum absolute atomic E-state index is 0.146. The van der Waals surface area contributed by atoms with Gasteiger partial charge in [-0.1, -0.05) is 36.4 Å². The van der Waals surface area contributed by atoms with Crippen LogP contribution in [0.5, 0.6) is 5.75 Å². The van der Waals surface area contributed by atoms with E-state index in [4.69, 9.17) is 0 Å². The number of phenolic OH excluding ortho intramolecular Hbond substituents is 1. The molecule has 0 aliphatic carbocycles. The molecule has 0 aromatic heterocycles. The molecule has 5 heteroatoms. The number of fused-ring (bicyclic) bond motifs is 1. The van der Waals surface area contributed by atoms with E-state index in [1.807, 2.05) is 36.4 Å². The number of benzene rings is 2. The molecule has 0 spiro atoms. The Morgan fingerprint density at radius 1 is 1.17 bits per heavy atom. The van der Waals surface area contributed by atoms with Crippen molar-refractivity contribution >= 4 is 23.5 Å². The fourth-order valence-corrected chi connectivity index (χ4v) is 2.39. The topological polar surface area (TPSA) is 74.0 Å². The number of hydrogen-bond acceptors (Lipinski definition) is 4. The lowest BCUT2D eigenvalue weighted by atomic mass is 10.1. The number of phenols is 1. The first kappa shape index (κ1) is 14.7. The number of carbonyl (C=O) groups is 1. The van der Waals surface area contributed by atoms with E-state index in [2.05, 4.69) is 22.1 Å². The van der Waals surface area contributed by atoms with Crippen molar-refractivity contribution in [3.63, 3.8) is 0 Å². The largest absolute Gasteiger partial charge is 0.507 e. The van der Waals surface area contributed by atoms with Gasteiger partial charge in [-0.3, -0.25) is 4.79 Å². The molecule has 3 rings (SSSR count). The summed E-state index contributed by atoms with van der Waals surface area (Å²) in [6.45, 7) is 3.66. The van der Waals surface area contributed by atoms with Crippen LogP contribution in [0.4, 0.5) is 5.69 Å². The molecule has 0 atom stereocenters. The number of rotatable bonds is 4. The summed E-state index contributed by atoms with van der Waals surface area (Å²) in [5.74, 6) is -0.138. The molecule has 23 heavy (non-hydrogen) atoms. The first-order valence-corrected chi connectivity index (χ1v) is 7.14. The molecule has 1 heterocycles. The summed E-state index contributed by atoms with van der Waals surface area (Å²) in [4.78, 5) is 11.9. The predicted octanol–water partition coefficient (Wildman–Crippen LogP) is 2.90. The predicted molar refractivity (Wildman–Crippen MR) is 91.2 cm³/mol. The van der Waals surface area contributed by atoms with Gasteiger partial charge in [0.15, 0.2) is 5.71 Å². The highest BCUT2D eigenvalue weighted by Gasteiger charge is 2.25. The molecule has 1 aliphatic heterocycles. The van der Waals surface area contributed by atoms with E-state index in [9.17, 15) is 9.90 Å². The molecule has 0 saturated heterocycles. The Morgan fingerprint density at radius 3 is 2.83 bits per heavy atom.